The molecule has 0 aliphatic rings. The van der Waals surface area contributed by atoms with E-state index in [2.05, 4.69) is 10.0 Å². The molecular weight excluding hydrogens is 231 g/mol. The third kappa shape index (κ3) is 3.04. The van der Waals surface area contributed by atoms with Crippen molar-refractivity contribution >= 4 is 11.6 Å². The summed E-state index contributed by atoms with van der Waals surface area (Å²) in [7, 11) is 0. The Kier molecular flexibility index (Phi) is 3.44. The molecule has 0 atom stereocenters. The van der Waals surface area contributed by atoms with E-state index >= 15 is 0 Å². The Morgan fingerprint density at radius 3 is 2.53 bits per heavy atom. The molecule has 0 spiro atoms. The van der Waals surface area contributed by atoms with Gasteiger partial charge in [-0.25, -0.2) is 0 Å². The molecule has 15 heavy (non-hydrogen) atoms. The van der Waals surface area contributed by atoms with Gasteiger partial charge in [0.15, 0.2) is 0 Å². The van der Waals surface area contributed by atoms with E-state index in [1.54, 1.807) is 0 Å². The summed E-state index contributed by atoms with van der Waals surface area (Å²) in [6.45, 7) is -0.0620. The number of rotatable bonds is 2. The average Bonchev–Trinajstić information content (AvgIpc) is 2.14. The van der Waals surface area contributed by atoms with E-state index in [4.69, 9.17) is 17.1 Å². The van der Waals surface area contributed by atoms with Gasteiger partial charge in [0.2, 0.25) is 0 Å². The Morgan fingerprint density at radius 2 is 2.07 bits per heavy atom. The zero-order valence-corrected chi connectivity index (χ0v) is 8.05. The SMILES string of the molecule is [N-]=[N+]=NCc1ccc(C(F)(F)F)cc1Cl. The summed E-state index contributed by atoms with van der Waals surface area (Å²) >= 11 is 5.59. The van der Waals surface area contributed by atoms with Crippen LogP contribution in [0.2, 0.25) is 5.02 Å². The maximum atomic E-state index is 12.2. The van der Waals surface area contributed by atoms with Gasteiger partial charge in [0, 0.05) is 9.93 Å². The minimum atomic E-state index is -4.42. The van der Waals surface area contributed by atoms with Crippen LogP contribution in [-0.2, 0) is 12.7 Å². The molecule has 0 aromatic heterocycles. The van der Waals surface area contributed by atoms with Crippen molar-refractivity contribution in [1.82, 2.24) is 0 Å². The molecule has 0 amide bonds. The number of benzene rings is 1. The lowest BCUT2D eigenvalue weighted by atomic mass is 10.1. The van der Waals surface area contributed by atoms with E-state index < -0.39 is 11.7 Å². The van der Waals surface area contributed by atoms with E-state index in [9.17, 15) is 13.2 Å². The molecule has 0 heterocycles. The monoisotopic (exact) mass is 235 g/mol. The summed E-state index contributed by atoms with van der Waals surface area (Å²) in [4.78, 5) is 2.49. The van der Waals surface area contributed by atoms with Crippen molar-refractivity contribution in [2.75, 3.05) is 0 Å². The van der Waals surface area contributed by atoms with Crippen LogP contribution in [0.15, 0.2) is 23.3 Å². The highest BCUT2D eigenvalue weighted by molar-refractivity contribution is 6.31. The van der Waals surface area contributed by atoms with Crippen LogP contribution >= 0.6 is 11.6 Å². The number of nitrogens with zero attached hydrogens (tertiary/aromatic N) is 3. The number of hydrogen-bond donors (Lipinski definition) is 0. The van der Waals surface area contributed by atoms with Gasteiger partial charge < -0.3 is 0 Å². The molecule has 1 aromatic carbocycles. The van der Waals surface area contributed by atoms with Gasteiger partial charge in [0.1, 0.15) is 0 Å². The van der Waals surface area contributed by atoms with Gasteiger partial charge in [-0.15, -0.1) is 0 Å². The van der Waals surface area contributed by atoms with E-state index in [0.29, 0.717) is 5.56 Å². The number of halogens is 4. The second kappa shape index (κ2) is 4.42. The largest absolute Gasteiger partial charge is 0.416 e. The third-order valence-corrected chi connectivity index (χ3v) is 2.04. The predicted molar refractivity (Wildman–Crippen MR) is 49.3 cm³/mol. The maximum Gasteiger partial charge on any atom is 0.416 e. The lowest BCUT2D eigenvalue weighted by Crippen LogP contribution is -2.04. The summed E-state index contributed by atoms with van der Waals surface area (Å²) in [6, 6.07) is 2.90. The van der Waals surface area contributed by atoms with Gasteiger partial charge in [0.25, 0.3) is 0 Å². The lowest BCUT2D eigenvalue weighted by Gasteiger charge is -2.08. The van der Waals surface area contributed by atoms with Crippen LogP contribution in [0.4, 0.5) is 13.2 Å². The average molecular weight is 236 g/mol. The van der Waals surface area contributed by atoms with Gasteiger partial charge in [-0.1, -0.05) is 22.8 Å². The van der Waals surface area contributed by atoms with Crippen LogP contribution in [0, 0.1) is 0 Å². The molecule has 0 fully saturated rings. The summed E-state index contributed by atoms with van der Waals surface area (Å²) in [5.74, 6) is 0. The predicted octanol–water partition coefficient (Wildman–Crippen LogP) is 4.17. The van der Waals surface area contributed by atoms with E-state index in [1.807, 2.05) is 0 Å². The summed E-state index contributed by atoms with van der Waals surface area (Å²) in [6.07, 6.45) is -4.42. The van der Waals surface area contributed by atoms with E-state index in [-0.39, 0.29) is 11.6 Å². The molecular formula is C8H5ClF3N3. The van der Waals surface area contributed by atoms with Gasteiger partial charge in [-0.3, -0.25) is 0 Å². The lowest BCUT2D eigenvalue weighted by molar-refractivity contribution is -0.137. The Labute approximate surface area is 88.1 Å². The molecule has 0 bridgehead atoms. The number of azide groups is 1. The molecule has 0 saturated heterocycles. The minimum absolute atomic E-state index is 0.0581. The fraction of sp³-hybridized carbons (Fsp3) is 0.250. The highest BCUT2D eigenvalue weighted by atomic mass is 35.5. The van der Waals surface area contributed by atoms with Crippen molar-refractivity contribution < 1.29 is 13.2 Å². The summed E-state index contributed by atoms with van der Waals surface area (Å²) in [5.41, 5.74) is 7.58. The standard InChI is InChI=1S/C8H5ClF3N3/c9-7-3-6(8(10,11)12)2-1-5(7)4-14-15-13/h1-3H,4H2. The topological polar surface area (TPSA) is 48.8 Å². The van der Waals surface area contributed by atoms with E-state index in [0.717, 1.165) is 12.1 Å². The Balaban J connectivity index is 3.03. The first-order valence-electron chi connectivity index (χ1n) is 3.81. The zero-order chi connectivity index (χ0) is 11.5. The Hall–Kier alpha value is -1.39. The van der Waals surface area contributed by atoms with Crippen LogP contribution in [0.25, 0.3) is 10.4 Å². The molecule has 7 heteroatoms. The molecule has 0 unspecified atom stereocenters. The van der Waals surface area contributed by atoms with Crippen LogP contribution in [0.5, 0.6) is 0 Å². The van der Waals surface area contributed by atoms with Crippen molar-refractivity contribution in [2.45, 2.75) is 12.7 Å². The van der Waals surface area contributed by atoms with Gasteiger partial charge >= 0.3 is 6.18 Å². The molecule has 1 aromatic rings. The van der Waals surface area contributed by atoms with Crippen molar-refractivity contribution in [3.63, 3.8) is 0 Å². The molecule has 80 valence electrons. The first-order chi connectivity index (χ1) is 6.95. The molecule has 0 aliphatic carbocycles. The van der Waals surface area contributed by atoms with E-state index in [1.165, 1.54) is 6.07 Å². The van der Waals surface area contributed by atoms with Crippen molar-refractivity contribution in [3.05, 3.63) is 44.8 Å². The van der Waals surface area contributed by atoms with Gasteiger partial charge in [-0.2, -0.15) is 13.2 Å². The molecule has 0 radical (unpaired) electrons. The molecule has 1 rings (SSSR count). The van der Waals surface area contributed by atoms with Crippen molar-refractivity contribution in [3.8, 4) is 0 Å². The Bertz CT molecular complexity index is 410. The fourth-order valence-electron chi connectivity index (χ4n) is 0.960. The molecule has 0 aliphatic heterocycles. The van der Waals surface area contributed by atoms with Gasteiger partial charge in [0.05, 0.1) is 12.1 Å². The maximum absolute atomic E-state index is 12.2. The number of hydrogen-bond acceptors (Lipinski definition) is 1. The first kappa shape index (κ1) is 11.7. The highest BCUT2D eigenvalue weighted by Crippen LogP contribution is 2.32. The second-order valence-corrected chi connectivity index (χ2v) is 3.10. The Morgan fingerprint density at radius 1 is 1.40 bits per heavy atom. The van der Waals surface area contributed by atoms with Gasteiger partial charge in [-0.05, 0) is 23.2 Å². The summed E-state index contributed by atoms with van der Waals surface area (Å²) in [5, 5.41) is 3.15. The molecule has 0 saturated carbocycles. The fourth-order valence-corrected chi connectivity index (χ4v) is 1.20. The quantitative estimate of drug-likeness (QED) is 0.420. The smallest absolute Gasteiger partial charge is 0.166 e. The number of alkyl halides is 3. The van der Waals surface area contributed by atoms with Crippen LogP contribution in [0.1, 0.15) is 11.1 Å². The van der Waals surface area contributed by atoms with Crippen LogP contribution in [-0.4, -0.2) is 0 Å². The van der Waals surface area contributed by atoms with Crippen LogP contribution < -0.4 is 0 Å². The molecule has 0 N–H and O–H groups in total. The minimum Gasteiger partial charge on any atom is -0.166 e. The normalized spacial score (nSPS) is 10.9. The van der Waals surface area contributed by atoms with Crippen molar-refractivity contribution in [1.29, 1.82) is 0 Å². The first-order valence-corrected chi connectivity index (χ1v) is 4.19. The zero-order valence-electron chi connectivity index (χ0n) is 7.29. The third-order valence-electron chi connectivity index (χ3n) is 1.68. The van der Waals surface area contributed by atoms with Crippen LogP contribution in [0.3, 0.4) is 0 Å². The second-order valence-electron chi connectivity index (χ2n) is 2.69. The summed E-state index contributed by atoms with van der Waals surface area (Å²) < 4.78 is 36.6. The van der Waals surface area contributed by atoms with Crippen molar-refractivity contribution in [2.24, 2.45) is 5.11 Å². The molecule has 3 nitrogen and oxygen atoms in total. The highest BCUT2D eigenvalue weighted by Gasteiger charge is 2.30.